The molecule has 31 heavy (non-hydrogen) atoms. The number of alkyl halides is 3. The second-order valence-electron chi connectivity index (χ2n) is 9.33. The number of rotatable bonds is 7. The van der Waals surface area contributed by atoms with Gasteiger partial charge in [-0.05, 0) is 54.4 Å². The van der Waals surface area contributed by atoms with E-state index in [-0.39, 0.29) is 19.0 Å². The van der Waals surface area contributed by atoms with Gasteiger partial charge in [0.2, 0.25) is 0 Å². The van der Waals surface area contributed by atoms with Gasteiger partial charge < -0.3 is 0 Å². The van der Waals surface area contributed by atoms with Crippen LogP contribution in [0.5, 0.6) is 0 Å². The zero-order valence-electron chi connectivity index (χ0n) is 18.8. The number of hydrogen-bond acceptors (Lipinski definition) is 3. The molecule has 0 aliphatic carbocycles. The van der Waals surface area contributed by atoms with Crippen LogP contribution < -0.4 is 0 Å². The summed E-state index contributed by atoms with van der Waals surface area (Å²) in [5.74, 6) is -0.887. The Morgan fingerprint density at radius 2 is 1.84 bits per heavy atom. The molecule has 2 aliphatic heterocycles. The topological polar surface area (TPSA) is 28.0 Å². The zero-order chi connectivity index (χ0) is 22.9. The van der Waals surface area contributed by atoms with Crippen LogP contribution in [0.1, 0.15) is 51.7 Å². The van der Waals surface area contributed by atoms with Crippen molar-refractivity contribution in [1.29, 1.82) is 0 Å². The van der Waals surface area contributed by atoms with Crippen LogP contribution in [-0.4, -0.2) is 42.2 Å². The number of hydrogen-bond donors (Lipinski definition) is 0. The number of aliphatic imine (C=N–C) groups is 1. The minimum atomic E-state index is -4.43. The molecule has 7 heteroatoms. The Kier molecular flexibility index (Phi) is 6.92. The first-order valence-electron chi connectivity index (χ1n) is 10.9. The van der Waals surface area contributed by atoms with Gasteiger partial charge >= 0.3 is 6.18 Å². The maximum Gasteiger partial charge on any atom is 0.411 e. The molecule has 0 spiro atoms. The largest absolute Gasteiger partial charge is 0.411 e. The Balaban J connectivity index is 2.06. The summed E-state index contributed by atoms with van der Waals surface area (Å²) in [7, 11) is 0. The average Bonchev–Trinajstić information content (AvgIpc) is 3.23. The molecule has 0 N–H and O–H groups in total. The van der Waals surface area contributed by atoms with E-state index in [4.69, 9.17) is 0 Å². The minimum absolute atomic E-state index is 0.0478. The number of allylic oxidation sites excluding steroid dienone is 1. The average molecular weight is 438 g/mol. The second-order valence-corrected chi connectivity index (χ2v) is 9.33. The quantitative estimate of drug-likeness (QED) is 0.469. The lowest BCUT2D eigenvalue weighted by molar-refractivity contribution is -0.186. The molecule has 0 saturated heterocycles. The van der Waals surface area contributed by atoms with Gasteiger partial charge in [-0.2, -0.15) is 18.3 Å². The fourth-order valence-corrected chi connectivity index (χ4v) is 4.37. The van der Waals surface area contributed by atoms with E-state index in [2.05, 4.69) is 23.9 Å². The van der Waals surface area contributed by atoms with Crippen LogP contribution in [0.15, 0.2) is 39.4 Å². The van der Waals surface area contributed by atoms with Gasteiger partial charge in [0.15, 0.2) is 6.04 Å². The summed E-state index contributed by atoms with van der Waals surface area (Å²) < 4.78 is 57.1. The minimum Gasteiger partial charge on any atom is -0.284 e. The van der Waals surface area contributed by atoms with E-state index in [9.17, 15) is 17.6 Å². The third-order valence-electron chi connectivity index (χ3n) is 5.84. The first kappa shape index (κ1) is 23.5. The molecule has 0 saturated carbocycles. The molecule has 0 aromatic heterocycles. The Labute approximate surface area is 181 Å². The van der Waals surface area contributed by atoms with Gasteiger partial charge in [-0.25, -0.2) is 4.39 Å². The van der Waals surface area contributed by atoms with Crippen LogP contribution in [-0.2, 0) is 0 Å². The third-order valence-corrected chi connectivity index (χ3v) is 5.84. The molecule has 0 amide bonds. The highest BCUT2D eigenvalue weighted by molar-refractivity contribution is 6.15. The van der Waals surface area contributed by atoms with Crippen LogP contribution in [0.3, 0.4) is 0 Å². The van der Waals surface area contributed by atoms with Crippen molar-refractivity contribution in [1.82, 2.24) is 5.01 Å². The maximum absolute atomic E-state index is 14.7. The summed E-state index contributed by atoms with van der Waals surface area (Å²) in [4.78, 5) is 4.57. The van der Waals surface area contributed by atoms with E-state index >= 15 is 0 Å². The highest BCUT2D eigenvalue weighted by Gasteiger charge is 2.52. The van der Waals surface area contributed by atoms with Crippen LogP contribution in [0.25, 0.3) is 0 Å². The molecule has 2 unspecified atom stereocenters. The fourth-order valence-electron chi connectivity index (χ4n) is 4.37. The summed E-state index contributed by atoms with van der Waals surface area (Å²) in [6.07, 6.45) is -1.65. The fraction of sp³-hybridized carbons (Fsp3) is 0.583. The first-order valence-corrected chi connectivity index (χ1v) is 10.9. The van der Waals surface area contributed by atoms with Gasteiger partial charge in [0, 0.05) is 18.3 Å². The van der Waals surface area contributed by atoms with Crippen molar-refractivity contribution in [2.45, 2.75) is 59.7 Å². The number of hydrazone groups is 1. The van der Waals surface area contributed by atoms with Crippen molar-refractivity contribution in [3.63, 3.8) is 0 Å². The first-order chi connectivity index (χ1) is 14.5. The maximum atomic E-state index is 14.7. The van der Waals surface area contributed by atoms with E-state index in [0.29, 0.717) is 29.2 Å². The Hall–Kier alpha value is -2.18. The van der Waals surface area contributed by atoms with Crippen LogP contribution in [0.4, 0.5) is 17.6 Å². The molecular weight excluding hydrogens is 406 g/mol. The molecule has 1 aromatic carbocycles. The van der Waals surface area contributed by atoms with Crippen molar-refractivity contribution in [3.05, 3.63) is 46.3 Å². The molecule has 0 bridgehead atoms. The molecule has 2 heterocycles. The summed E-state index contributed by atoms with van der Waals surface area (Å²) in [5, 5.41) is 5.30. The summed E-state index contributed by atoms with van der Waals surface area (Å²) in [6.45, 7) is 10.1. The zero-order valence-corrected chi connectivity index (χ0v) is 18.8. The molecule has 3 nitrogen and oxygen atoms in total. The Bertz CT molecular complexity index is 876. The Morgan fingerprint density at radius 1 is 1.13 bits per heavy atom. The number of nitrogens with zero attached hydrogens (tertiary/aromatic N) is 3. The van der Waals surface area contributed by atoms with Crippen molar-refractivity contribution in [3.8, 4) is 0 Å². The van der Waals surface area contributed by atoms with E-state index < -0.39 is 24.0 Å². The number of benzene rings is 1. The van der Waals surface area contributed by atoms with Crippen molar-refractivity contribution in [2.75, 3.05) is 13.1 Å². The van der Waals surface area contributed by atoms with E-state index in [1.165, 1.54) is 12.3 Å². The van der Waals surface area contributed by atoms with Crippen LogP contribution >= 0.6 is 0 Å². The Morgan fingerprint density at radius 3 is 2.42 bits per heavy atom. The number of aryl methyl sites for hydroxylation is 1. The normalized spacial score (nSPS) is 21.8. The molecular formula is C24H31F4N3. The molecule has 2 aliphatic rings. The molecule has 3 rings (SSSR count). The van der Waals surface area contributed by atoms with Gasteiger partial charge in [-0.1, -0.05) is 39.8 Å². The van der Waals surface area contributed by atoms with Crippen LogP contribution in [0.2, 0.25) is 0 Å². The molecule has 170 valence electrons. The molecule has 0 radical (unpaired) electrons. The van der Waals surface area contributed by atoms with Gasteiger partial charge in [0.1, 0.15) is 5.82 Å². The van der Waals surface area contributed by atoms with Crippen molar-refractivity contribution >= 4 is 11.9 Å². The van der Waals surface area contributed by atoms with Gasteiger partial charge in [0.05, 0.1) is 18.2 Å². The van der Waals surface area contributed by atoms with Crippen molar-refractivity contribution < 1.29 is 17.6 Å². The lowest BCUT2D eigenvalue weighted by atomic mass is 9.84. The molecule has 1 aromatic rings. The predicted octanol–water partition coefficient (Wildman–Crippen LogP) is 6.17. The van der Waals surface area contributed by atoms with E-state index in [1.807, 2.05) is 13.8 Å². The summed E-state index contributed by atoms with van der Waals surface area (Å²) >= 11 is 0. The second kappa shape index (κ2) is 9.13. The summed E-state index contributed by atoms with van der Waals surface area (Å²) in [6, 6.07) is 3.10. The van der Waals surface area contributed by atoms with E-state index in [1.54, 1.807) is 19.1 Å². The smallest absolute Gasteiger partial charge is 0.284 e. The lowest BCUT2D eigenvalue weighted by Crippen LogP contribution is -2.46. The summed E-state index contributed by atoms with van der Waals surface area (Å²) in [5.41, 5.74) is 3.00. The molecule has 0 fully saturated rings. The van der Waals surface area contributed by atoms with Gasteiger partial charge in [0.25, 0.3) is 0 Å². The van der Waals surface area contributed by atoms with Crippen LogP contribution in [0, 0.1) is 30.5 Å². The lowest BCUT2D eigenvalue weighted by Gasteiger charge is -2.31. The molecule has 2 atom stereocenters. The highest BCUT2D eigenvalue weighted by Crippen LogP contribution is 2.41. The monoisotopic (exact) mass is 437 g/mol. The number of halogens is 4. The third kappa shape index (κ3) is 5.01. The predicted molar refractivity (Wildman–Crippen MR) is 117 cm³/mol. The van der Waals surface area contributed by atoms with Crippen molar-refractivity contribution in [2.24, 2.45) is 27.8 Å². The SMILES string of the molecule is Cc1cccc(F)c1C1=NCC(C2C=NN(CC(C)C)C2C(F)(F)F)=C1CCC(C)C. The van der Waals surface area contributed by atoms with Gasteiger partial charge in [-0.15, -0.1) is 0 Å². The standard InChI is InChI=1S/C24H31F4N3/c1-14(2)9-10-17-18(11-29-22(17)21-16(5)7-6-8-20(21)25)19-12-30-31(13-15(3)4)23(19)24(26,27)28/h6-8,12,14-15,19,23H,9-11,13H2,1-5H3. The van der Waals surface area contributed by atoms with Gasteiger partial charge in [-0.3, -0.25) is 10.0 Å². The highest BCUT2D eigenvalue weighted by atomic mass is 19.4. The van der Waals surface area contributed by atoms with E-state index in [0.717, 1.165) is 22.6 Å².